The average Bonchev–Trinajstić information content (AvgIpc) is 3.34. The van der Waals surface area contributed by atoms with E-state index in [9.17, 15) is 0 Å². The number of H-pyrrole nitrogens is 1. The number of rotatable bonds is 6. The van der Waals surface area contributed by atoms with Crippen molar-refractivity contribution in [1.82, 2.24) is 20.2 Å². The highest BCUT2D eigenvalue weighted by Gasteiger charge is 2.38. The van der Waals surface area contributed by atoms with Crippen LogP contribution >= 0.6 is 0 Å². The van der Waals surface area contributed by atoms with Gasteiger partial charge in [0.1, 0.15) is 12.1 Å². The van der Waals surface area contributed by atoms with Crippen molar-refractivity contribution in [3.8, 4) is 0 Å². The second kappa shape index (κ2) is 7.27. The van der Waals surface area contributed by atoms with Crippen LogP contribution in [0.5, 0.6) is 0 Å². The lowest BCUT2D eigenvalue weighted by molar-refractivity contribution is 0.0196. The molecule has 2 aromatic heterocycles. The highest BCUT2D eigenvalue weighted by Crippen LogP contribution is 2.47. The molecule has 2 aliphatic carbocycles. The van der Waals surface area contributed by atoms with Crippen molar-refractivity contribution in [2.24, 2.45) is 5.92 Å². The summed E-state index contributed by atoms with van der Waals surface area (Å²) < 4.78 is 6.25. The normalized spacial score (nSPS) is 27.6. The van der Waals surface area contributed by atoms with Crippen molar-refractivity contribution in [1.29, 1.82) is 0 Å². The molecule has 2 aliphatic rings. The lowest BCUT2D eigenvalue weighted by Gasteiger charge is -2.29. The topological polar surface area (TPSA) is 75.7 Å². The van der Waals surface area contributed by atoms with Crippen LogP contribution in [0.3, 0.4) is 0 Å². The minimum absolute atomic E-state index is 0.402. The van der Waals surface area contributed by atoms with E-state index in [0.29, 0.717) is 24.0 Å². The van der Waals surface area contributed by atoms with Gasteiger partial charge in [-0.05, 0) is 49.5 Å². The monoisotopic (exact) mass is 363 g/mol. The van der Waals surface area contributed by atoms with Gasteiger partial charge in [0.25, 0.3) is 0 Å². The molecule has 0 bridgehead atoms. The molecule has 2 N–H and O–H groups in total. The third kappa shape index (κ3) is 3.67. The van der Waals surface area contributed by atoms with E-state index in [1.807, 2.05) is 0 Å². The van der Waals surface area contributed by atoms with Gasteiger partial charge in [0.2, 0.25) is 0 Å². The smallest absolute Gasteiger partial charge is 0.160 e. The molecular formula is C21H25N5O. The first kappa shape index (κ1) is 16.7. The van der Waals surface area contributed by atoms with Gasteiger partial charge in [-0.3, -0.25) is 5.10 Å². The maximum Gasteiger partial charge on any atom is 0.160 e. The molecule has 0 amide bonds. The number of aromatic nitrogens is 4. The van der Waals surface area contributed by atoms with Crippen LogP contribution in [0, 0.1) is 5.92 Å². The SMILES string of the molecule is c1ccc([C@@H]2CC2COC2CCC(Nc3ncnc4[nH]ncc34)CC2)cc1. The number of ether oxygens (including phenoxy) is 1. The zero-order valence-electron chi connectivity index (χ0n) is 15.3. The number of nitrogens with one attached hydrogen (secondary N) is 2. The molecule has 0 saturated heterocycles. The molecular weight excluding hydrogens is 338 g/mol. The molecule has 140 valence electrons. The van der Waals surface area contributed by atoms with Gasteiger partial charge < -0.3 is 10.1 Å². The van der Waals surface area contributed by atoms with Crippen LogP contribution in [-0.4, -0.2) is 38.9 Å². The molecule has 5 rings (SSSR count). The zero-order chi connectivity index (χ0) is 18.1. The largest absolute Gasteiger partial charge is 0.378 e. The Morgan fingerprint density at radius 3 is 2.78 bits per heavy atom. The van der Waals surface area contributed by atoms with Crippen LogP contribution in [-0.2, 0) is 4.74 Å². The molecule has 27 heavy (non-hydrogen) atoms. The van der Waals surface area contributed by atoms with Gasteiger partial charge in [-0.15, -0.1) is 0 Å². The Kier molecular flexibility index (Phi) is 4.49. The molecule has 2 saturated carbocycles. The maximum absolute atomic E-state index is 6.25. The Hall–Kier alpha value is -2.47. The Balaban J connectivity index is 1.08. The molecule has 6 nitrogen and oxygen atoms in total. The molecule has 0 aliphatic heterocycles. The molecule has 2 heterocycles. The summed E-state index contributed by atoms with van der Waals surface area (Å²) in [5, 5.41) is 11.5. The van der Waals surface area contributed by atoms with Gasteiger partial charge in [-0.25, -0.2) is 9.97 Å². The van der Waals surface area contributed by atoms with Crippen LogP contribution in [0.2, 0.25) is 0 Å². The second-order valence-corrected chi connectivity index (χ2v) is 7.82. The summed E-state index contributed by atoms with van der Waals surface area (Å²) in [6.45, 7) is 0.907. The van der Waals surface area contributed by atoms with Gasteiger partial charge in [0.15, 0.2) is 5.65 Å². The molecule has 1 unspecified atom stereocenters. The fourth-order valence-corrected chi connectivity index (χ4v) is 4.25. The standard InChI is InChI=1S/C21H25N5O/c1-2-4-14(5-3-1)18-10-15(18)12-27-17-8-6-16(7-9-17)25-20-19-11-24-26-21(19)23-13-22-20/h1-5,11,13,15-18H,6-10,12H2,(H2,22,23,24,25,26)/t15?,16?,17?,18-/m0/s1. The van der Waals surface area contributed by atoms with E-state index < -0.39 is 0 Å². The number of anilines is 1. The molecule has 0 spiro atoms. The van der Waals surface area contributed by atoms with E-state index in [0.717, 1.165) is 49.1 Å². The van der Waals surface area contributed by atoms with E-state index in [-0.39, 0.29) is 0 Å². The summed E-state index contributed by atoms with van der Waals surface area (Å²) in [5.41, 5.74) is 2.25. The van der Waals surface area contributed by atoms with E-state index in [1.54, 1.807) is 12.5 Å². The lowest BCUT2D eigenvalue weighted by Crippen LogP contribution is -2.30. The number of aromatic amines is 1. The van der Waals surface area contributed by atoms with Crippen LogP contribution in [0.4, 0.5) is 5.82 Å². The fraction of sp³-hybridized carbons (Fsp3) is 0.476. The van der Waals surface area contributed by atoms with Crippen molar-refractivity contribution in [2.45, 2.75) is 50.2 Å². The first-order chi connectivity index (χ1) is 13.4. The van der Waals surface area contributed by atoms with E-state index in [2.05, 4.69) is 55.8 Å². The minimum Gasteiger partial charge on any atom is -0.378 e. The molecule has 2 atom stereocenters. The number of nitrogens with zero attached hydrogens (tertiary/aromatic N) is 3. The molecule has 6 heteroatoms. The van der Waals surface area contributed by atoms with Gasteiger partial charge in [-0.2, -0.15) is 5.10 Å². The van der Waals surface area contributed by atoms with Crippen molar-refractivity contribution < 1.29 is 4.74 Å². The molecule has 2 fully saturated rings. The first-order valence-corrected chi connectivity index (χ1v) is 9.94. The van der Waals surface area contributed by atoms with Gasteiger partial charge >= 0.3 is 0 Å². The number of fused-ring (bicyclic) bond motifs is 1. The highest BCUT2D eigenvalue weighted by molar-refractivity contribution is 5.85. The number of benzene rings is 1. The highest BCUT2D eigenvalue weighted by atomic mass is 16.5. The third-order valence-electron chi connectivity index (χ3n) is 5.96. The molecule has 1 aromatic carbocycles. The van der Waals surface area contributed by atoms with E-state index >= 15 is 0 Å². The fourth-order valence-electron chi connectivity index (χ4n) is 4.25. The Morgan fingerprint density at radius 1 is 1.07 bits per heavy atom. The summed E-state index contributed by atoms with van der Waals surface area (Å²) in [7, 11) is 0. The van der Waals surface area contributed by atoms with Gasteiger partial charge in [0.05, 0.1) is 24.3 Å². The van der Waals surface area contributed by atoms with Crippen LogP contribution < -0.4 is 5.32 Å². The number of hydrogen-bond donors (Lipinski definition) is 2. The quantitative estimate of drug-likeness (QED) is 0.695. The Morgan fingerprint density at radius 2 is 1.93 bits per heavy atom. The van der Waals surface area contributed by atoms with Gasteiger partial charge in [-0.1, -0.05) is 30.3 Å². The summed E-state index contributed by atoms with van der Waals surface area (Å²) in [6.07, 6.45) is 9.48. The summed E-state index contributed by atoms with van der Waals surface area (Å²) in [5.74, 6) is 2.29. The molecule has 0 radical (unpaired) electrons. The summed E-state index contributed by atoms with van der Waals surface area (Å²) >= 11 is 0. The van der Waals surface area contributed by atoms with Crippen molar-refractivity contribution in [3.05, 3.63) is 48.4 Å². The zero-order valence-corrected chi connectivity index (χ0v) is 15.3. The molecule has 3 aromatic rings. The average molecular weight is 363 g/mol. The van der Waals surface area contributed by atoms with Gasteiger partial charge in [0, 0.05) is 6.04 Å². The number of hydrogen-bond acceptors (Lipinski definition) is 5. The predicted octanol–water partition coefficient (Wildman–Crippen LogP) is 3.90. The van der Waals surface area contributed by atoms with Crippen molar-refractivity contribution >= 4 is 16.9 Å². The van der Waals surface area contributed by atoms with Crippen LogP contribution in [0.25, 0.3) is 11.0 Å². The summed E-state index contributed by atoms with van der Waals surface area (Å²) in [6, 6.07) is 11.3. The minimum atomic E-state index is 0.402. The van der Waals surface area contributed by atoms with E-state index in [4.69, 9.17) is 4.74 Å². The third-order valence-corrected chi connectivity index (χ3v) is 5.96. The summed E-state index contributed by atoms with van der Waals surface area (Å²) in [4.78, 5) is 8.58. The van der Waals surface area contributed by atoms with Crippen LogP contribution in [0.1, 0.15) is 43.6 Å². The maximum atomic E-state index is 6.25. The lowest BCUT2D eigenvalue weighted by atomic mass is 9.93. The predicted molar refractivity (Wildman–Crippen MR) is 105 cm³/mol. The Bertz CT molecular complexity index is 888. The van der Waals surface area contributed by atoms with Crippen molar-refractivity contribution in [3.63, 3.8) is 0 Å². The van der Waals surface area contributed by atoms with Crippen molar-refractivity contribution in [2.75, 3.05) is 11.9 Å². The van der Waals surface area contributed by atoms with E-state index in [1.165, 1.54) is 12.0 Å². The second-order valence-electron chi connectivity index (χ2n) is 7.82. The Labute approximate surface area is 158 Å². The first-order valence-electron chi connectivity index (χ1n) is 9.94. The van der Waals surface area contributed by atoms with Crippen LogP contribution in [0.15, 0.2) is 42.9 Å².